The van der Waals surface area contributed by atoms with Crippen molar-refractivity contribution in [3.63, 3.8) is 0 Å². The van der Waals surface area contributed by atoms with Crippen molar-refractivity contribution in [3.05, 3.63) is 55.7 Å². The molecule has 15 heavy (non-hydrogen) atoms. The highest BCUT2D eigenvalue weighted by Gasteiger charge is 2.11. The first-order chi connectivity index (χ1) is 7.42. The van der Waals surface area contributed by atoms with Crippen molar-refractivity contribution in [2.75, 3.05) is 0 Å². The maximum absolute atomic E-state index is 4.14. The number of nitrogens with zero attached hydrogens (tertiary/aromatic N) is 3. The van der Waals surface area contributed by atoms with Crippen molar-refractivity contribution in [2.24, 2.45) is 0 Å². The molecule has 3 nitrogen and oxygen atoms in total. The summed E-state index contributed by atoms with van der Waals surface area (Å²) in [6, 6.07) is 4.36. The van der Waals surface area contributed by atoms with Crippen LogP contribution < -0.4 is 0 Å². The van der Waals surface area contributed by atoms with Gasteiger partial charge in [-0.05, 0) is 18.1 Å². The molecule has 1 unspecified atom stereocenters. The van der Waals surface area contributed by atoms with Gasteiger partial charge in [-0.15, -0.1) is 0 Å². The molecule has 0 aliphatic rings. The summed E-state index contributed by atoms with van der Waals surface area (Å²) >= 11 is 0. The van der Waals surface area contributed by atoms with Crippen LogP contribution in [0, 0.1) is 6.92 Å². The van der Waals surface area contributed by atoms with Gasteiger partial charge in [0.1, 0.15) is 0 Å². The minimum absolute atomic E-state index is 0.304. The van der Waals surface area contributed by atoms with Gasteiger partial charge >= 0.3 is 0 Å². The summed E-state index contributed by atoms with van der Waals surface area (Å²) in [5.74, 6) is 0. The average Bonchev–Trinajstić information content (AvgIpc) is 2.80. The molecule has 1 radical (unpaired) electrons. The maximum Gasteiger partial charge on any atom is 0.0951 e. The smallest absolute Gasteiger partial charge is 0.0951 e. The first-order valence-electron chi connectivity index (χ1n) is 5.08. The predicted octanol–water partition coefficient (Wildman–Crippen LogP) is 2.48. The van der Waals surface area contributed by atoms with E-state index in [1.807, 2.05) is 24.8 Å². The Bertz CT molecular complexity index is 381. The molecule has 0 spiro atoms. The monoisotopic (exact) mass is 200 g/mol. The summed E-state index contributed by atoms with van der Waals surface area (Å²) in [4.78, 5) is 8.22. The van der Waals surface area contributed by atoms with Gasteiger partial charge in [0.2, 0.25) is 0 Å². The van der Waals surface area contributed by atoms with E-state index in [0.717, 1.165) is 12.8 Å². The van der Waals surface area contributed by atoms with E-state index in [-0.39, 0.29) is 0 Å². The van der Waals surface area contributed by atoms with Crippen molar-refractivity contribution in [1.82, 2.24) is 14.5 Å². The molecule has 0 saturated carbocycles. The second-order valence-electron chi connectivity index (χ2n) is 3.45. The van der Waals surface area contributed by atoms with Crippen molar-refractivity contribution in [3.8, 4) is 0 Å². The van der Waals surface area contributed by atoms with Gasteiger partial charge in [-0.25, -0.2) is 4.98 Å². The van der Waals surface area contributed by atoms with E-state index in [9.17, 15) is 0 Å². The van der Waals surface area contributed by atoms with Crippen LogP contribution in [-0.4, -0.2) is 14.5 Å². The molecule has 3 heteroatoms. The number of aromatic nitrogens is 3. The molecular weight excluding hydrogens is 186 g/mol. The third-order valence-electron chi connectivity index (χ3n) is 2.43. The van der Waals surface area contributed by atoms with Crippen molar-refractivity contribution >= 4 is 0 Å². The largest absolute Gasteiger partial charge is 0.330 e. The lowest BCUT2D eigenvalue weighted by Crippen LogP contribution is -2.08. The molecular formula is C12H14N3. The Balaban J connectivity index is 2.28. The zero-order valence-electron chi connectivity index (χ0n) is 8.58. The van der Waals surface area contributed by atoms with Crippen LogP contribution >= 0.6 is 0 Å². The maximum atomic E-state index is 4.14. The number of hydrogen-bond donors (Lipinski definition) is 0. The quantitative estimate of drug-likeness (QED) is 0.759. The van der Waals surface area contributed by atoms with E-state index in [1.54, 1.807) is 12.4 Å². The van der Waals surface area contributed by atoms with Crippen LogP contribution in [0.25, 0.3) is 0 Å². The molecule has 2 rings (SSSR count). The zero-order valence-corrected chi connectivity index (χ0v) is 8.58. The van der Waals surface area contributed by atoms with E-state index in [0.29, 0.717) is 6.04 Å². The fourth-order valence-corrected chi connectivity index (χ4v) is 1.71. The lowest BCUT2D eigenvalue weighted by Gasteiger charge is -2.17. The van der Waals surface area contributed by atoms with Crippen LogP contribution in [0.2, 0.25) is 0 Å². The molecule has 77 valence electrons. The van der Waals surface area contributed by atoms with Gasteiger partial charge < -0.3 is 4.57 Å². The summed E-state index contributed by atoms with van der Waals surface area (Å²) in [5.41, 5.74) is 1.21. The van der Waals surface area contributed by atoms with Gasteiger partial charge in [0.25, 0.3) is 0 Å². The van der Waals surface area contributed by atoms with E-state index in [2.05, 4.69) is 27.5 Å². The highest BCUT2D eigenvalue weighted by molar-refractivity contribution is 5.15. The van der Waals surface area contributed by atoms with Crippen molar-refractivity contribution < 1.29 is 0 Å². The van der Waals surface area contributed by atoms with Gasteiger partial charge in [0, 0.05) is 24.8 Å². The molecule has 0 aliphatic carbocycles. The van der Waals surface area contributed by atoms with Crippen molar-refractivity contribution in [2.45, 2.75) is 18.9 Å². The minimum Gasteiger partial charge on any atom is -0.330 e. The Hall–Kier alpha value is -1.64. The van der Waals surface area contributed by atoms with Gasteiger partial charge in [0.05, 0.1) is 12.4 Å². The number of pyridine rings is 1. The average molecular weight is 200 g/mol. The first kappa shape index (κ1) is 9.90. The predicted molar refractivity (Wildman–Crippen MR) is 59.2 cm³/mol. The second kappa shape index (κ2) is 4.73. The highest BCUT2D eigenvalue weighted by atomic mass is 15.0. The lowest BCUT2D eigenvalue weighted by atomic mass is 10.0. The van der Waals surface area contributed by atoms with Crippen LogP contribution in [0.15, 0.2) is 43.2 Å². The molecule has 2 aromatic rings. The molecule has 0 saturated heterocycles. The van der Waals surface area contributed by atoms with E-state index in [1.165, 1.54) is 5.56 Å². The molecule has 1 atom stereocenters. The Morgan fingerprint density at radius 1 is 1.33 bits per heavy atom. The van der Waals surface area contributed by atoms with Crippen LogP contribution in [0.3, 0.4) is 0 Å². The van der Waals surface area contributed by atoms with Crippen molar-refractivity contribution in [1.29, 1.82) is 0 Å². The number of hydrogen-bond acceptors (Lipinski definition) is 2. The van der Waals surface area contributed by atoms with Crippen LogP contribution in [0.5, 0.6) is 0 Å². The van der Waals surface area contributed by atoms with Gasteiger partial charge in [-0.3, -0.25) is 4.98 Å². The Labute approximate surface area is 89.8 Å². The van der Waals surface area contributed by atoms with E-state index < -0.39 is 0 Å². The van der Waals surface area contributed by atoms with Crippen LogP contribution in [-0.2, 0) is 0 Å². The Morgan fingerprint density at radius 2 is 2.27 bits per heavy atom. The fraction of sp³-hybridized carbons (Fsp3) is 0.250. The molecule has 0 aromatic carbocycles. The van der Waals surface area contributed by atoms with Crippen LogP contribution in [0.4, 0.5) is 0 Å². The SMILES string of the molecule is [CH2]CCC(c1cccnc1)n1ccnc1. The van der Waals surface area contributed by atoms with Gasteiger partial charge in [-0.2, -0.15) is 0 Å². The number of rotatable bonds is 4. The Morgan fingerprint density at radius 3 is 2.87 bits per heavy atom. The normalized spacial score (nSPS) is 12.6. The summed E-state index contributed by atoms with van der Waals surface area (Å²) < 4.78 is 2.10. The highest BCUT2D eigenvalue weighted by Crippen LogP contribution is 2.21. The van der Waals surface area contributed by atoms with Gasteiger partial charge in [-0.1, -0.05) is 19.4 Å². The summed E-state index contributed by atoms with van der Waals surface area (Å²) in [6.07, 6.45) is 11.2. The zero-order chi connectivity index (χ0) is 10.5. The summed E-state index contributed by atoms with van der Waals surface area (Å²) in [7, 11) is 0. The van der Waals surface area contributed by atoms with E-state index >= 15 is 0 Å². The standard InChI is InChI=1S/C12H14N3/c1-2-4-12(15-8-7-14-10-15)11-5-3-6-13-9-11/h3,5-10,12H,1-2,4H2. The topological polar surface area (TPSA) is 30.7 Å². The lowest BCUT2D eigenvalue weighted by molar-refractivity contribution is 0.542. The second-order valence-corrected chi connectivity index (χ2v) is 3.45. The molecule has 0 bridgehead atoms. The summed E-state index contributed by atoms with van der Waals surface area (Å²) in [5, 5.41) is 0. The molecule has 0 amide bonds. The Kier molecular flexibility index (Phi) is 3.12. The molecule has 0 aliphatic heterocycles. The minimum atomic E-state index is 0.304. The number of imidazole rings is 1. The van der Waals surface area contributed by atoms with Gasteiger partial charge in [0.15, 0.2) is 0 Å². The van der Waals surface area contributed by atoms with Crippen LogP contribution in [0.1, 0.15) is 24.4 Å². The molecule has 2 heterocycles. The third kappa shape index (κ3) is 2.24. The molecule has 0 fully saturated rings. The van der Waals surface area contributed by atoms with E-state index in [4.69, 9.17) is 0 Å². The fourth-order valence-electron chi connectivity index (χ4n) is 1.71. The molecule has 0 N–H and O–H groups in total. The summed E-state index contributed by atoms with van der Waals surface area (Å²) in [6.45, 7) is 3.91. The first-order valence-corrected chi connectivity index (χ1v) is 5.08. The third-order valence-corrected chi connectivity index (χ3v) is 2.43. The molecule has 2 aromatic heterocycles.